The van der Waals surface area contributed by atoms with Crippen LogP contribution in [0.2, 0.25) is 0 Å². The fourth-order valence-corrected chi connectivity index (χ4v) is 6.30. The number of hydrogen-bond acceptors (Lipinski definition) is 10. The van der Waals surface area contributed by atoms with Crippen molar-refractivity contribution in [3.05, 3.63) is 132 Å². The van der Waals surface area contributed by atoms with Crippen LogP contribution >= 0.6 is 0 Å². The van der Waals surface area contributed by atoms with E-state index in [1.165, 1.54) is 20.8 Å². The van der Waals surface area contributed by atoms with Crippen LogP contribution in [0.1, 0.15) is 56.7 Å². The van der Waals surface area contributed by atoms with Crippen molar-refractivity contribution in [3.63, 3.8) is 0 Å². The largest absolute Gasteiger partial charge is 0.477 e. The minimum atomic E-state index is -3.42. The second-order valence-electron chi connectivity index (χ2n) is 14.3. The maximum Gasteiger partial charge on any atom is 0.377 e. The van der Waals surface area contributed by atoms with E-state index in [2.05, 4.69) is 0 Å². The maximum atomic E-state index is 14.8. The van der Waals surface area contributed by atoms with Crippen LogP contribution < -0.4 is 4.74 Å². The molecule has 1 amide bonds. The number of nitrogens with zero attached hydrogens (tertiary/aromatic N) is 1. The number of esters is 2. The van der Waals surface area contributed by atoms with Crippen molar-refractivity contribution < 1.29 is 57.9 Å². The third-order valence-corrected chi connectivity index (χ3v) is 9.08. The summed E-state index contributed by atoms with van der Waals surface area (Å²) in [5.41, 5.74) is 1.33. The number of aliphatic carboxylic acids is 2. The lowest BCUT2D eigenvalue weighted by molar-refractivity contribution is -0.221. The van der Waals surface area contributed by atoms with E-state index in [1.807, 2.05) is 78.9 Å². The first-order valence-electron chi connectivity index (χ1n) is 18.1. The molecule has 0 radical (unpaired) electrons. The van der Waals surface area contributed by atoms with Gasteiger partial charge in [0.1, 0.15) is 30.3 Å². The van der Waals surface area contributed by atoms with Gasteiger partial charge in [0.2, 0.25) is 0 Å². The first-order valence-corrected chi connectivity index (χ1v) is 18.1. The SMILES string of the molecule is C[C@H]([C@H](CCc1ccccc1)c1ccc(Oc2ccccc2)cc1)N(CC(=O)OCc1ccccc1)C(=O)[C@H]1OC(C(=O)O)(C(=O)O)O[C@@H]1C(=O)OC(C)(C)C. The first-order chi connectivity index (χ1) is 26.7. The Morgan fingerprint density at radius 3 is 1.80 bits per heavy atom. The number of para-hydroxylation sites is 1. The highest BCUT2D eigenvalue weighted by Gasteiger charge is 2.65. The van der Waals surface area contributed by atoms with E-state index < -0.39 is 71.9 Å². The number of carboxylic acids is 2. The summed E-state index contributed by atoms with van der Waals surface area (Å²) in [5, 5.41) is 20.0. The normalized spacial score (nSPS) is 17.2. The number of hydrogen-bond donors (Lipinski definition) is 2. The van der Waals surface area contributed by atoms with Crippen molar-refractivity contribution in [2.45, 2.75) is 82.7 Å². The molecule has 0 bridgehead atoms. The number of rotatable bonds is 16. The third kappa shape index (κ3) is 10.4. The first kappa shape index (κ1) is 41.1. The van der Waals surface area contributed by atoms with Crippen molar-refractivity contribution in [1.29, 1.82) is 0 Å². The van der Waals surface area contributed by atoms with Crippen LogP contribution in [0.15, 0.2) is 115 Å². The molecule has 0 unspecified atom stereocenters. The maximum absolute atomic E-state index is 14.8. The molecular weight excluding hydrogens is 722 g/mol. The Morgan fingerprint density at radius 1 is 0.732 bits per heavy atom. The third-order valence-electron chi connectivity index (χ3n) is 9.08. The monoisotopic (exact) mass is 767 g/mol. The Bertz CT molecular complexity index is 1950. The summed E-state index contributed by atoms with van der Waals surface area (Å²) in [4.78, 5) is 67.6. The summed E-state index contributed by atoms with van der Waals surface area (Å²) in [7, 11) is 0. The highest BCUT2D eigenvalue weighted by atomic mass is 16.8. The second kappa shape index (κ2) is 18.1. The summed E-state index contributed by atoms with van der Waals surface area (Å²) >= 11 is 0. The van der Waals surface area contributed by atoms with Gasteiger partial charge in [-0.2, -0.15) is 0 Å². The molecule has 294 valence electrons. The molecule has 1 heterocycles. The number of benzene rings is 4. The van der Waals surface area contributed by atoms with Crippen molar-refractivity contribution in [1.82, 2.24) is 4.90 Å². The minimum absolute atomic E-state index is 0.110. The molecule has 0 aliphatic carbocycles. The number of carboxylic acid groups (broad SMARTS) is 2. The van der Waals surface area contributed by atoms with Gasteiger partial charge in [0.15, 0.2) is 12.2 Å². The molecule has 13 nitrogen and oxygen atoms in total. The lowest BCUT2D eigenvalue weighted by atomic mass is 9.85. The molecule has 0 saturated carbocycles. The topological polar surface area (TPSA) is 175 Å². The molecule has 0 spiro atoms. The molecule has 1 aliphatic heterocycles. The van der Waals surface area contributed by atoms with Gasteiger partial charge in [0.25, 0.3) is 5.91 Å². The number of aryl methyl sites for hydroxylation is 1. The quantitative estimate of drug-likeness (QED) is 0.0985. The van der Waals surface area contributed by atoms with Gasteiger partial charge in [-0.25, -0.2) is 14.4 Å². The molecule has 4 aromatic carbocycles. The molecule has 13 heteroatoms. The van der Waals surface area contributed by atoms with Crippen LogP contribution in [0.4, 0.5) is 0 Å². The Hall–Kier alpha value is -6.05. The summed E-state index contributed by atoms with van der Waals surface area (Å²) in [6, 6.07) is 34.2. The zero-order chi connectivity index (χ0) is 40.5. The van der Waals surface area contributed by atoms with Gasteiger partial charge in [-0.1, -0.05) is 91.0 Å². The number of amides is 1. The van der Waals surface area contributed by atoms with Crippen LogP contribution in [0.5, 0.6) is 11.5 Å². The van der Waals surface area contributed by atoms with Crippen molar-refractivity contribution in [2.24, 2.45) is 0 Å². The van der Waals surface area contributed by atoms with Gasteiger partial charge in [0, 0.05) is 12.0 Å². The zero-order valence-corrected chi connectivity index (χ0v) is 31.5. The molecule has 5 rings (SSSR count). The standard InChI is InChI=1S/C43H45NO12/c1-28(34(25-20-29-14-8-5-9-15-29)31-21-23-33(24-22-31)53-32-18-12-7-13-19-32)44(26-35(45)52-27-30-16-10-6-11-17-30)38(46)36-37(39(47)56-42(2,3)4)55-43(54-36,40(48)49)41(50)51/h5-19,21-24,28,34,36-37H,20,25-27H2,1-4H3,(H,48,49)(H,50,51)/t28-,34+,36+,37+/m1/s1. The van der Waals surface area contributed by atoms with E-state index in [0.29, 0.717) is 29.9 Å². The van der Waals surface area contributed by atoms with Gasteiger partial charge in [-0.15, -0.1) is 0 Å². The van der Waals surface area contributed by atoms with Crippen LogP contribution in [-0.4, -0.2) is 81.1 Å². The van der Waals surface area contributed by atoms with Gasteiger partial charge in [-0.3, -0.25) is 9.59 Å². The smallest absolute Gasteiger partial charge is 0.377 e. The summed E-state index contributed by atoms with van der Waals surface area (Å²) in [5.74, 6) is -10.1. The Labute approximate surface area is 324 Å². The molecule has 1 aliphatic rings. The van der Waals surface area contributed by atoms with E-state index >= 15 is 0 Å². The lowest BCUT2D eigenvalue weighted by Crippen LogP contribution is -2.53. The Balaban J connectivity index is 1.53. The Morgan fingerprint density at radius 2 is 1.25 bits per heavy atom. The van der Waals surface area contributed by atoms with Crippen molar-refractivity contribution in [2.75, 3.05) is 6.54 Å². The average molecular weight is 768 g/mol. The fraction of sp³-hybridized carbons (Fsp3) is 0.326. The van der Waals surface area contributed by atoms with E-state index in [-0.39, 0.29) is 6.61 Å². The van der Waals surface area contributed by atoms with E-state index in [4.69, 9.17) is 23.7 Å². The molecule has 4 aromatic rings. The van der Waals surface area contributed by atoms with Crippen LogP contribution in [0, 0.1) is 0 Å². The lowest BCUT2D eigenvalue weighted by Gasteiger charge is -2.36. The average Bonchev–Trinajstić information content (AvgIpc) is 3.60. The predicted octanol–water partition coefficient (Wildman–Crippen LogP) is 6.15. The van der Waals surface area contributed by atoms with Gasteiger partial charge in [-0.05, 0) is 81.5 Å². The predicted molar refractivity (Wildman–Crippen MR) is 201 cm³/mol. The molecule has 56 heavy (non-hydrogen) atoms. The minimum Gasteiger partial charge on any atom is -0.477 e. The molecule has 4 atom stereocenters. The molecule has 2 N–H and O–H groups in total. The number of carbonyl (C=O) groups excluding carboxylic acids is 3. The van der Waals surface area contributed by atoms with Gasteiger partial charge >= 0.3 is 29.7 Å². The summed E-state index contributed by atoms with van der Waals surface area (Å²) in [6.45, 7) is 5.52. The van der Waals surface area contributed by atoms with Crippen molar-refractivity contribution >= 4 is 29.8 Å². The van der Waals surface area contributed by atoms with E-state index in [9.17, 15) is 34.2 Å². The molecule has 1 saturated heterocycles. The highest BCUT2D eigenvalue weighted by Crippen LogP contribution is 2.36. The Kier molecular flexibility index (Phi) is 13.3. The van der Waals surface area contributed by atoms with Crippen LogP contribution in [0.3, 0.4) is 0 Å². The summed E-state index contributed by atoms with van der Waals surface area (Å²) < 4.78 is 27.7. The number of carbonyl (C=O) groups is 5. The molecule has 0 aromatic heterocycles. The van der Waals surface area contributed by atoms with Crippen LogP contribution in [-0.2, 0) is 55.9 Å². The molecular formula is C43H45NO12. The number of ether oxygens (including phenoxy) is 5. The van der Waals surface area contributed by atoms with Crippen LogP contribution in [0.25, 0.3) is 0 Å². The van der Waals surface area contributed by atoms with Gasteiger partial charge < -0.3 is 38.8 Å². The van der Waals surface area contributed by atoms with E-state index in [1.54, 1.807) is 43.3 Å². The zero-order valence-electron chi connectivity index (χ0n) is 31.5. The second-order valence-corrected chi connectivity index (χ2v) is 14.3. The highest BCUT2D eigenvalue weighted by molar-refractivity contribution is 6.02. The van der Waals surface area contributed by atoms with Crippen molar-refractivity contribution in [3.8, 4) is 11.5 Å². The fourth-order valence-electron chi connectivity index (χ4n) is 6.30. The molecule has 1 fully saturated rings. The van der Waals surface area contributed by atoms with E-state index in [0.717, 1.165) is 16.0 Å². The van der Waals surface area contributed by atoms with Gasteiger partial charge in [0.05, 0.1) is 0 Å². The summed E-state index contributed by atoms with van der Waals surface area (Å²) in [6.07, 6.45) is -3.25.